The fraction of sp³-hybridized carbons (Fsp3) is 0.500. The zero-order valence-corrected chi connectivity index (χ0v) is 19.4. The minimum atomic E-state index is 0. The first-order chi connectivity index (χ1) is 7.40. The van der Waals surface area contributed by atoms with E-state index in [0.717, 1.165) is 12.8 Å². The average molecular weight is 559 g/mol. The van der Waals surface area contributed by atoms with Crippen LogP contribution in [0.2, 0.25) is 0 Å². The molecule has 0 aromatic heterocycles. The molecule has 0 saturated heterocycles. The van der Waals surface area contributed by atoms with Gasteiger partial charge in [-0.25, -0.2) is 34.4 Å². The van der Waals surface area contributed by atoms with E-state index in [0.29, 0.717) is 0 Å². The van der Waals surface area contributed by atoms with Gasteiger partial charge in [-0.15, -0.1) is 13.8 Å². The Hall–Kier alpha value is 1.30. The van der Waals surface area contributed by atoms with Crippen LogP contribution in [-0.4, -0.2) is 0 Å². The molecule has 0 atom stereocenters. The maximum Gasteiger partial charge on any atom is 4.00 e. The van der Waals surface area contributed by atoms with Gasteiger partial charge in [0.1, 0.15) is 0 Å². The summed E-state index contributed by atoms with van der Waals surface area (Å²) in [6.45, 7) is 12.8. The molecular formula is C16H22I2Zr. The molecule has 0 aromatic carbocycles. The second-order valence-electron chi connectivity index (χ2n) is 4.97. The van der Waals surface area contributed by atoms with Crippen molar-refractivity contribution in [1.82, 2.24) is 0 Å². The van der Waals surface area contributed by atoms with Gasteiger partial charge in [0, 0.05) is 0 Å². The van der Waals surface area contributed by atoms with Gasteiger partial charge in [-0.2, -0.15) is 11.1 Å². The van der Waals surface area contributed by atoms with Crippen LogP contribution in [0.3, 0.4) is 0 Å². The number of allylic oxidation sites excluding steroid dienone is 8. The molecule has 104 valence electrons. The summed E-state index contributed by atoms with van der Waals surface area (Å²) in [5, 5.41) is 0. The SMILES string of the molecule is CC1=[C-]C(C)=C(C)C1.CC1=[C-]C(C)=C(C)C1.[I-].[I-].[Zr+4]. The monoisotopic (exact) mass is 558 g/mol. The molecule has 2 aliphatic carbocycles. The first-order valence-electron chi connectivity index (χ1n) is 5.91. The van der Waals surface area contributed by atoms with Crippen LogP contribution in [0.1, 0.15) is 54.4 Å². The molecule has 0 spiro atoms. The molecule has 0 bridgehead atoms. The summed E-state index contributed by atoms with van der Waals surface area (Å²) in [5.74, 6) is 0. The van der Waals surface area contributed by atoms with Gasteiger partial charge in [0.15, 0.2) is 0 Å². The molecule has 0 saturated carbocycles. The fourth-order valence-electron chi connectivity index (χ4n) is 2.00. The van der Waals surface area contributed by atoms with Crippen LogP contribution >= 0.6 is 0 Å². The van der Waals surface area contributed by atoms with E-state index in [1.165, 1.54) is 33.4 Å². The number of rotatable bonds is 0. The van der Waals surface area contributed by atoms with Crippen molar-refractivity contribution in [3.8, 4) is 0 Å². The average Bonchev–Trinajstić information content (AvgIpc) is 2.58. The Morgan fingerprint density at radius 2 is 0.895 bits per heavy atom. The van der Waals surface area contributed by atoms with Crippen molar-refractivity contribution in [3.63, 3.8) is 0 Å². The molecule has 19 heavy (non-hydrogen) atoms. The van der Waals surface area contributed by atoms with Crippen molar-refractivity contribution in [3.05, 3.63) is 45.6 Å². The van der Waals surface area contributed by atoms with E-state index in [1.807, 2.05) is 0 Å². The Labute approximate surface area is 172 Å². The normalized spacial score (nSPS) is 16.5. The Bertz CT molecular complexity index is 372. The van der Waals surface area contributed by atoms with Crippen molar-refractivity contribution in [2.24, 2.45) is 0 Å². The smallest absolute Gasteiger partial charge is 1.00 e. The van der Waals surface area contributed by atoms with Crippen LogP contribution in [0, 0.1) is 12.2 Å². The molecule has 0 nitrogen and oxygen atoms in total. The van der Waals surface area contributed by atoms with Crippen LogP contribution in [-0.2, 0) is 26.2 Å². The topological polar surface area (TPSA) is 0 Å². The van der Waals surface area contributed by atoms with Crippen molar-refractivity contribution < 1.29 is 74.2 Å². The first kappa shape index (κ1) is 25.3. The summed E-state index contributed by atoms with van der Waals surface area (Å²) < 4.78 is 0. The summed E-state index contributed by atoms with van der Waals surface area (Å²) in [4.78, 5) is 0. The van der Waals surface area contributed by atoms with Crippen LogP contribution in [0.25, 0.3) is 0 Å². The maximum atomic E-state index is 3.26. The van der Waals surface area contributed by atoms with Crippen LogP contribution in [0.15, 0.2) is 33.4 Å². The maximum absolute atomic E-state index is 3.26. The summed E-state index contributed by atoms with van der Waals surface area (Å²) >= 11 is 0. The van der Waals surface area contributed by atoms with Gasteiger partial charge in [0.05, 0.1) is 0 Å². The van der Waals surface area contributed by atoms with Crippen molar-refractivity contribution >= 4 is 0 Å². The molecule has 2 rings (SSSR count). The zero-order valence-electron chi connectivity index (χ0n) is 12.7. The van der Waals surface area contributed by atoms with Gasteiger partial charge in [-0.05, 0) is 0 Å². The Balaban J connectivity index is -0.000000233. The van der Waals surface area contributed by atoms with E-state index in [1.54, 1.807) is 0 Å². The molecule has 0 radical (unpaired) electrons. The molecule has 0 heterocycles. The zero-order chi connectivity index (χ0) is 12.3. The predicted molar refractivity (Wildman–Crippen MR) is 70.8 cm³/mol. The predicted octanol–water partition coefficient (Wildman–Crippen LogP) is -1.04. The van der Waals surface area contributed by atoms with Gasteiger partial charge < -0.3 is 48.0 Å². The van der Waals surface area contributed by atoms with E-state index in [2.05, 4.69) is 53.7 Å². The summed E-state index contributed by atoms with van der Waals surface area (Å²) in [6, 6.07) is 0. The molecule has 0 aliphatic heterocycles. The van der Waals surface area contributed by atoms with Crippen LogP contribution < -0.4 is 48.0 Å². The third-order valence-corrected chi connectivity index (χ3v) is 3.14. The second kappa shape index (κ2) is 11.9. The Morgan fingerprint density at radius 3 is 0.947 bits per heavy atom. The Kier molecular flexibility index (Phi) is 15.8. The number of hydrogen-bond acceptors (Lipinski definition) is 0. The third-order valence-electron chi connectivity index (χ3n) is 3.14. The second-order valence-corrected chi connectivity index (χ2v) is 4.97. The van der Waals surface area contributed by atoms with E-state index in [-0.39, 0.29) is 74.2 Å². The number of halogens is 2. The fourth-order valence-corrected chi connectivity index (χ4v) is 2.00. The van der Waals surface area contributed by atoms with E-state index in [4.69, 9.17) is 0 Å². The summed E-state index contributed by atoms with van der Waals surface area (Å²) in [5.41, 5.74) is 8.37. The van der Waals surface area contributed by atoms with E-state index < -0.39 is 0 Å². The standard InChI is InChI=1S/2C8H11.2HI.Zr/c2*1-6-4-7(2)8(3)5-6;;;/h2*4H2,1-3H3;2*1H;/q2*-1;;;+4/p-2. The van der Waals surface area contributed by atoms with Crippen LogP contribution in [0.5, 0.6) is 0 Å². The third kappa shape index (κ3) is 9.03. The largest absolute Gasteiger partial charge is 4.00 e. The molecule has 0 fully saturated rings. The van der Waals surface area contributed by atoms with E-state index in [9.17, 15) is 0 Å². The molecular weight excluding hydrogens is 537 g/mol. The minimum absolute atomic E-state index is 0. The van der Waals surface area contributed by atoms with Crippen molar-refractivity contribution in [2.75, 3.05) is 0 Å². The van der Waals surface area contributed by atoms with Gasteiger partial charge >= 0.3 is 26.2 Å². The molecule has 0 aromatic rings. The molecule has 0 unspecified atom stereocenters. The Morgan fingerprint density at radius 1 is 0.632 bits per heavy atom. The molecule has 0 amide bonds. The molecule has 0 N–H and O–H groups in total. The molecule has 3 heteroatoms. The van der Waals surface area contributed by atoms with Gasteiger partial charge in [-0.1, -0.05) is 40.5 Å². The molecule has 2 aliphatic rings. The van der Waals surface area contributed by atoms with Crippen LogP contribution in [0.4, 0.5) is 0 Å². The number of hydrogen-bond donors (Lipinski definition) is 0. The van der Waals surface area contributed by atoms with Crippen molar-refractivity contribution in [2.45, 2.75) is 54.4 Å². The van der Waals surface area contributed by atoms with E-state index >= 15 is 0 Å². The van der Waals surface area contributed by atoms with Crippen molar-refractivity contribution in [1.29, 1.82) is 0 Å². The first-order valence-corrected chi connectivity index (χ1v) is 5.91. The van der Waals surface area contributed by atoms with Gasteiger partial charge in [0.2, 0.25) is 0 Å². The van der Waals surface area contributed by atoms with Gasteiger partial charge in [0.25, 0.3) is 0 Å². The van der Waals surface area contributed by atoms with Gasteiger partial charge in [-0.3, -0.25) is 0 Å². The summed E-state index contributed by atoms with van der Waals surface area (Å²) in [7, 11) is 0. The minimum Gasteiger partial charge on any atom is -1.00 e. The quantitative estimate of drug-likeness (QED) is 0.263. The summed E-state index contributed by atoms with van der Waals surface area (Å²) in [6.07, 6.45) is 8.81.